The van der Waals surface area contributed by atoms with Gasteiger partial charge in [0.05, 0.1) is 18.6 Å². The zero-order valence-corrected chi connectivity index (χ0v) is 20.7. The fourth-order valence-electron chi connectivity index (χ4n) is 4.48. The van der Waals surface area contributed by atoms with Crippen molar-refractivity contribution in [3.63, 3.8) is 0 Å². The first-order valence-corrected chi connectivity index (χ1v) is 13.3. The highest BCUT2D eigenvalue weighted by Crippen LogP contribution is 2.26. The first-order chi connectivity index (χ1) is 17.3. The van der Waals surface area contributed by atoms with Crippen LogP contribution < -0.4 is 9.64 Å². The number of amides is 1. The molecule has 0 spiro atoms. The number of anilines is 1. The largest absolute Gasteiger partial charge is 0.492 e. The number of piperazine rings is 1. The van der Waals surface area contributed by atoms with Crippen molar-refractivity contribution in [2.24, 2.45) is 0 Å². The lowest BCUT2D eigenvalue weighted by atomic mass is 10.3. The summed E-state index contributed by atoms with van der Waals surface area (Å²) in [6.07, 6.45) is 4.01. The third kappa shape index (κ3) is 6.18. The molecule has 35 heavy (non-hydrogen) atoms. The molecule has 9 nitrogen and oxygen atoms in total. The number of furan rings is 1. The van der Waals surface area contributed by atoms with Crippen LogP contribution in [0.5, 0.6) is 5.75 Å². The number of nitrogens with zero attached hydrogens (tertiary/aromatic N) is 6. The van der Waals surface area contributed by atoms with Crippen LogP contribution in [-0.2, 0) is 11.3 Å². The molecule has 4 heterocycles. The van der Waals surface area contributed by atoms with Gasteiger partial charge in [0.2, 0.25) is 11.9 Å². The van der Waals surface area contributed by atoms with E-state index in [9.17, 15) is 4.79 Å². The summed E-state index contributed by atoms with van der Waals surface area (Å²) in [6, 6.07) is 13.7. The third-order valence-electron chi connectivity index (χ3n) is 6.45. The van der Waals surface area contributed by atoms with Gasteiger partial charge in [0.1, 0.15) is 18.1 Å². The average molecular weight is 497 g/mol. The summed E-state index contributed by atoms with van der Waals surface area (Å²) < 4.78 is 13.5. The Balaban J connectivity index is 1.11. The molecule has 186 valence electrons. The lowest BCUT2D eigenvalue weighted by Gasteiger charge is -2.34. The quantitative estimate of drug-likeness (QED) is 0.397. The van der Waals surface area contributed by atoms with Crippen LogP contribution in [0.2, 0.25) is 0 Å². The van der Waals surface area contributed by atoms with Gasteiger partial charge in [-0.25, -0.2) is 0 Å². The zero-order chi connectivity index (χ0) is 23.9. The van der Waals surface area contributed by atoms with Crippen LogP contribution in [0.4, 0.5) is 5.95 Å². The number of carbonyl (C=O) groups is 1. The molecule has 1 aromatic carbocycles. The molecule has 0 radical (unpaired) electrons. The minimum absolute atomic E-state index is 0.144. The first kappa shape index (κ1) is 23.7. The average Bonchev–Trinajstić information content (AvgIpc) is 3.67. The summed E-state index contributed by atoms with van der Waals surface area (Å²) in [4.78, 5) is 19.5. The van der Waals surface area contributed by atoms with Gasteiger partial charge in [0.25, 0.3) is 0 Å². The highest BCUT2D eigenvalue weighted by Gasteiger charge is 2.25. The molecule has 0 unspecified atom stereocenters. The van der Waals surface area contributed by atoms with E-state index in [1.165, 1.54) is 24.6 Å². The molecule has 0 bridgehead atoms. The summed E-state index contributed by atoms with van der Waals surface area (Å²) in [5.74, 6) is 3.11. The van der Waals surface area contributed by atoms with Gasteiger partial charge in [0, 0.05) is 45.8 Å². The van der Waals surface area contributed by atoms with E-state index >= 15 is 0 Å². The topological polar surface area (TPSA) is 79.9 Å². The molecule has 2 saturated heterocycles. The van der Waals surface area contributed by atoms with Crippen molar-refractivity contribution in [1.29, 1.82) is 0 Å². The van der Waals surface area contributed by atoms with Crippen LogP contribution in [0.25, 0.3) is 0 Å². The minimum Gasteiger partial charge on any atom is -0.492 e. The molecule has 3 aromatic rings. The zero-order valence-electron chi connectivity index (χ0n) is 19.9. The number of ether oxygens (including phenoxy) is 1. The minimum atomic E-state index is 0.144. The number of hydrogen-bond acceptors (Lipinski definition) is 8. The van der Waals surface area contributed by atoms with E-state index in [2.05, 4.69) is 24.6 Å². The van der Waals surface area contributed by atoms with Gasteiger partial charge in [-0.15, -0.1) is 10.2 Å². The van der Waals surface area contributed by atoms with E-state index in [0.717, 1.165) is 68.4 Å². The predicted molar refractivity (Wildman–Crippen MR) is 135 cm³/mol. The molecule has 0 aliphatic carbocycles. The second-order valence-electron chi connectivity index (χ2n) is 8.81. The summed E-state index contributed by atoms with van der Waals surface area (Å²) >= 11 is 1.46. The van der Waals surface area contributed by atoms with Crippen molar-refractivity contribution >= 4 is 23.6 Å². The fraction of sp³-hybridized carbons (Fsp3) is 0.480. The van der Waals surface area contributed by atoms with E-state index in [1.54, 1.807) is 6.26 Å². The van der Waals surface area contributed by atoms with Crippen molar-refractivity contribution in [1.82, 2.24) is 24.6 Å². The second-order valence-corrected chi connectivity index (χ2v) is 9.76. The summed E-state index contributed by atoms with van der Waals surface area (Å²) in [7, 11) is 0. The van der Waals surface area contributed by atoms with Gasteiger partial charge < -0.3 is 19.0 Å². The van der Waals surface area contributed by atoms with Crippen molar-refractivity contribution in [3.05, 3.63) is 54.5 Å². The van der Waals surface area contributed by atoms with Crippen molar-refractivity contribution in [2.75, 3.05) is 63.1 Å². The summed E-state index contributed by atoms with van der Waals surface area (Å²) in [6.45, 7) is 7.25. The second kappa shape index (κ2) is 11.6. The van der Waals surface area contributed by atoms with Gasteiger partial charge in [-0.3, -0.25) is 14.3 Å². The van der Waals surface area contributed by atoms with Crippen molar-refractivity contribution < 1.29 is 13.9 Å². The number of carbonyl (C=O) groups excluding carboxylic acids is 1. The van der Waals surface area contributed by atoms with Crippen LogP contribution in [0.3, 0.4) is 0 Å². The van der Waals surface area contributed by atoms with Crippen LogP contribution in [0.1, 0.15) is 18.6 Å². The lowest BCUT2D eigenvalue weighted by Crippen LogP contribution is -2.50. The number of rotatable bonds is 10. The number of thioether (sulfide) groups is 1. The molecule has 2 fully saturated rings. The van der Waals surface area contributed by atoms with Crippen LogP contribution in [0.15, 0.2) is 58.3 Å². The molecule has 2 aliphatic heterocycles. The molecule has 5 rings (SSSR count). The number of para-hydroxylation sites is 1. The first-order valence-electron chi connectivity index (χ1n) is 12.3. The third-order valence-corrected chi connectivity index (χ3v) is 7.40. The molecule has 0 N–H and O–H groups in total. The van der Waals surface area contributed by atoms with E-state index in [1.807, 2.05) is 47.4 Å². The van der Waals surface area contributed by atoms with Crippen LogP contribution >= 0.6 is 11.8 Å². The molecule has 10 heteroatoms. The van der Waals surface area contributed by atoms with Gasteiger partial charge >= 0.3 is 0 Å². The highest BCUT2D eigenvalue weighted by atomic mass is 32.2. The lowest BCUT2D eigenvalue weighted by molar-refractivity contribution is -0.130. The highest BCUT2D eigenvalue weighted by molar-refractivity contribution is 7.99. The predicted octanol–water partition coefficient (Wildman–Crippen LogP) is 2.83. The molecule has 0 saturated carbocycles. The Hall–Kier alpha value is -2.98. The van der Waals surface area contributed by atoms with Crippen LogP contribution in [-0.4, -0.2) is 88.6 Å². The van der Waals surface area contributed by atoms with E-state index in [0.29, 0.717) is 18.9 Å². The van der Waals surface area contributed by atoms with Gasteiger partial charge in [-0.1, -0.05) is 30.0 Å². The smallest absolute Gasteiger partial charge is 0.233 e. The maximum atomic E-state index is 12.9. The fourth-order valence-corrected chi connectivity index (χ4v) is 5.32. The Morgan fingerprint density at radius 2 is 1.77 bits per heavy atom. The Bertz CT molecular complexity index is 1060. The van der Waals surface area contributed by atoms with E-state index in [-0.39, 0.29) is 5.91 Å². The van der Waals surface area contributed by atoms with Gasteiger partial charge in [0.15, 0.2) is 5.16 Å². The Morgan fingerprint density at radius 3 is 2.51 bits per heavy atom. The number of benzene rings is 1. The molecule has 1 amide bonds. The standard InChI is InChI=1S/C25H32N6O3S/c32-23(29-14-12-28(13-15-29)16-18-34-21-7-2-1-3-8-21)20-35-25-27-26-24(30-10-4-5-11-30)31(25)19-22-9-6-17-33-22/h1-3,6-9,17H,4-5,10-16,18-20H2. The summed E-state index contributed by atoms with van der Waals surface area (Å²) in [5, 5.41) is 9.65. The maximum absolute atomic E-state index is 12.9. The molecular weight excluding hydrogens is 464 g/mol. The van der Waals surface area contributed by atoms with Gasteiger partial charge in [-0.2, -0.15) is 0 Å². The van der Waals surface area contributed by atoms with Crippen molar-refractivity contribution in [2.45, 2.75) is 24.5 Å². The maximum Gasteiger partial charge on any atom is 0.233 e. The van der Waals surface area contributed by atoms with Gasteiger partial charge in [-0.05, 0) is 37.1 Å². The molecular formula is C25H32N6O3S. The molecule has 2 aliphatic rings. The number of hydrogen-bond donors (Lipinski definition) is 0. The Labute approximate surface area is 210 Å². The van der Waals surface area contributed by atoms with E-state index in [4.69, 9.17) is 9.15 Å². The van der Waals surface area contributed by atoms with Crippen molar-refractivity contribution in [3.8, 4) is 5.75 Å². The SMILES string of the molecule is O=C(CSc1nnc(N2CCCC2)n1Cc1ccco1)N1CCN(CCOc2ccccc2)CC1. The summed E-state index contributed by atoms with van der Waals surface area (Å²) in [5.41, 5.74) is 0. The van der Waals surface area contributed by atoms with Crippen LogP contribution in [0, 0.1) is 0 Å². The Morgan fingerprint density at radius 1 is 0.971 bits per heavy atom. The normalized spacial score (nSPS) is 16.7. The molecule has 0 atom stereocenters. The monoisotopic (exact) mass is 496 g/mol. The number of aromatic nitrogens is 3. The Kier molecular flexibility index (Phi) is 7.89. The molecule has 2 aromatic heterocycles. The van der Waals surface area contributed by atoms with E-state index < -0.39 is 0 Å².